The van der Waals surface area contributed by atoms with Crippen molar-refractivity contribution in [3.8, 4) is 0 Å². The third kappa shape index (κ3) is 4.48. The van der Waals surface area contributed by atoms with Gasteiger partial charge in [0.15, 0.2) is 0 Å². The van der Waals surface area contributed by atoms with Gasteiger partial charge in [-0.25, -0.2) is 14.4 Å². The van der Waals surface area contributed by atoms with Crippen LogP contribution in [0.1, 0.15) is 24.1 Å². The highest BCUT2D eigenvalue weighted by Crippen LogP contribution is 2.22. The first kappa shape index (κ1) is 16.8. The summed E-state index contributed by atoms with van der Waals surface area (Å²) in [5.74, 6) is 1.42. The van der Waals surface area contributed by atoms with Crippen LogP contribution in [0.2, 0.25) is 0 Å². The Balaban J connectivity index is 1.80. The maximum absolute atomic E-state index is 13.1. The molecule has 0 radical (unpaired) electrons. The van der Waals surface area contributed by atoms with Crippen LogP contribution in [0.3, 0.4) is 0 Å². The SMILES string of the molecule is CC(Nc1cc(CO)cc(Nc2cnccn2)n1)c1ccc(F)cc1. The minimum absolute atomic E-state index is 0.0774. The van der Waals surface area contributed by atoms with Gasteiger partial charge >= 0.3 is 0 Å². The molecule has 0 bridgehead atoms. The molecule has 7 heteroatoms. The summed E-state index contributed by atoms with van der Waals surface area (Å²) in [5, 5.41) is 15.8. The van der Waals surface area contributed by atoms with Crippen LogP contribution < -0.4 is 10.6 Å². The molecule has 0 spiro atoms. The average molecular weight is 339 g/mol. The predicted molar refractivity (Wildman–Crippen MR) is 93.9 cm³/mol. The quantitative estimate of drug-likeness (QED) is 0.638. The minimum Gasteiger partial charge on any atom is -0.392 e. The second-order valence-electron chi connectivity index (χ2n) is 5.54. The Morgan fingerprint density at radius 2 is 1.84 bits per heavy atom. The normalized spacial score (nSPS) is 11.8. The number of benzene rings is 1. The van der Waals surface area contributed by atoms with Crippen LogP contribution in [0.25, 0.3) is 0 Å². The summed E-state index contributed by atoms with van der Waals surface area (Å²) in [6.45, 7) is 1.84. The summed E-state index contributed by atoms with van der Waals surface area (Å²) in [7, 11) is 0. The summed E-state index contributed by atoms with van der Waals surface area (Å²) in [6, 6.07) is 9.72. The van der Waals surface area contributed by atoms with Gasteiger partial charge < -0.3 is 15.7 Å². The van der Waals surface area contributed by atoms with Crippen molar-refractivity contribution in [3.63, 3.8) is 0 Å². The van der Waals surface area contributed by atoms with E-state index in [1.807, 2.05) is 6.92 Å². The number of aromatic nitrogens is 3. The molecule has 0 saturated heterocycles. The zero-order valence-corrected chi connectivity index (χ0v) is 13.6. The maximum Gasteiger partial charge on any atom is 0.150 e. The van der Waals surface area contributed by atoms with E-state index < -0.39 is 0 Å². The lowest BCUT2D eigenvalue weighted by Gasteiger charge is -2.17. The van der Waals surface area contributed by atoms with Gasteiger partial charge in [-0.1, -0.05) is 12.1 Å². The van der Waals surface area contributed by atoms with Gasteiger partial charge in [0.25, 0.3) is 0 Å². The third-order valence-electron chi connectivity index (χ3n) is 3.62. The Kier molecular flexibility index (Phi) is 5.15. The smallest absolute Gasteiger partial charge is 0.150 e. The maximum atomic E-state index is 13.1. The van der Waals surface area contributed by atoms with Crippen molar-refractivity contribution in [1.82, 2.24) is 15.0 Å². The molecule has 0 fully saturated rings. The number of pyridine rings is 1. The van der Waals surface area contributed by atoms with Crippen molar-refractivity contribution in [2.75, 3.05) is 10.6 Å². The van der Waals surface area contributed by atoms with Gasteiger partial charge in [-0.15, -0.1) is 0 Å². The molecule has 1 aromatic carbocycles. The van der Waals surface area contributed by atoms with Crippen molar-refractivity contribution < 1.29 is 9.50 Å². The molecular weight excluding hydrogens is 321 g/mol. The van der Waals surface area contributed by atoms with Crippen LogP contribution in [-0.2, 0) is 6.61 Å². The molecule has 6 nitrogen and oxygen atoms in total. The first-order chi connectivity index (χ1) is 12.1. The molecule has 25 heavy (non-hydrogen) atoms. The van der Waals surface area contributed by atoms with E-state index in [-0.39, 0.29) is 18.5 Å². The number of nitrogens with zero attached hydrogens (tertiary/aromatic N) is 3. The van der Waals surface area contributed by atoms with E-state index in [2.05, 4.69) is 25.6 Å². The summed E-state index contributed by atoms with van der Waals surface area (Å²) in [5.41, 5.74) is 1.64. The predicted octanol–water partition coefficient (Wildman–Crippen LogP) is 3.42. The van der Waals surface area contributed by atoms with Gasteiger partial charge in [-0.2, -0.15) is 0 Å². The monoisotopic (exact) mass is 339 g/mol. The molecule has 0 aliphatic carbocycles. The topological polar surface area (TPSA) is 83.0 Å². The van der Waals surface area contributed by atoms with Gasteiger partial charge in [-0.3, -0.25) is 4.98 Å². The van der Waals surface area contributed by atoms with E-state index in [0.29, 0.717) is 23.0 Å². The van der Waals surface area contributed by atoms with E-state index in [1.54, 1.807) is 42.9 Å². The highest BCUT2D eigenvalue weighted by Gasteiger charge is 2.09. The van der Waals surface area contributed by atoms with E-state index in [4.69, 9.17) is 0 Å². The first-order valence-electron chi connectivity index (χ1n) is 7.81. The average Bonchev–Trinajstić information content (AvgIpc) is 2.63. The largest absolute Gasteiger partial charge is 0.392 e. The summed E-state index contributed by atoms with van der Waals surface area (Å²) < 4.78 is 13.1. The molecule has 128 valence electrons. The molecule has 1 atom stereocenters. The molecule has 0 amide bonds. The fraction of sp³-hybridized carbons (Fsp3) is 0.167. The Morgan fingerprint density at radius 1 is 1.08 bits per heavy atom. The van der Waals surface area contributed by atoms with Crippen molar-refractivity contribution in [2.24, 2.45) is 0 Å². The van der Waals surface area contributed by atoms with Gasteiger partial charge in [0.2, 0.25) is 0 Å². The fourth-order valence-electron chi connectivity index (χ4n) is 2.37. The highest BCUT2D eigenvalue weighted by atomic mass is 19.1. The van der Waals surface area contributed by atoms with E-state index in [1.165, 1.54) is 12.1 Å². The number of rotatable bonds is 6. The first-order valence-corrected chi connectivity index (χ1v) is 7.81. The van der Waals surface area contributed by atoms with E-state index in [9.17, 15) is 9.50 Å². The number of anilines is 3. The number of nitrogens with one attached hydrogen (secondary N) is 2. The molecule has 3 N–H and O–H groups in total. The highest BCUT2D eigenvalue weighted by molar-refractivity contribution is 5.56. The molecule has 3 aromatic rings. The van der Waals surface area contributed by atoms with Gasteiger partial charge in [0.05, 0.1) is 12.8 Å². The van der Waals surface area contributed by atoms with Crippen LogP contribution in [0.5, 0.6) is 0 Å². The molecule has 3 rings (SSSR count). The second-order valence-corrected chi connectivity index (χ2v) is 5.54. The number of aliphatic hydroxyl groups is 1. The van der Waals surface area contributed by atoms with Crippen molar-refractivity contribution in [3.05, 3.63) is 71.9 Å². The number of halogens is 1. The van der Waals surface area contributed by atoms with Crippen molar-refractivity contribution >= 4 is 17.5 Å². The van der Waals surface area contributed by atoms with Gasteiger partial charge in [0, 0.05) is 18.4 Å². The Morgan fingerprint density at radius 3 is 2.52 bits per heavy atom. The molecule has 2 aromatic heterocycles. The van der Waals surface area contributed by atoms with Gasteiger partial charge in [0.1, 0.15) is 23.3 Å². The summed E-state index contributed by atoms with van der Waals surface area (Å²) >= 11 is 0. The van der Waals surface area contributed by atoms with Crippen LogP contribution in [0, 0.1) is 5.82 Å². The lowest BCUT2D eigenvalue weighted by atomic mass is 10.1. The number of aliphatic hydroxyl groups excluding tert-OH is 1. The Hall–Kier alpha value is -3.06. The Bertz CT molecular complexity index is 827. The lowest BCUT2D eigenvalue weighted by Crippen LogP contribution is -2.09. The summed E-state index contributed by atoms with van der Waals surface area (Å²) in [4.78, 5) is 12.6. The third-order valence-corrected chi connectivity index (χ3v) is 3.62. The van der Waals surface area contributed by atoms with E-state index >= 15 is 0 Å². The van der Waals surface area contributed by atoms with Crippen molar-refractivity contribution in [1.29, 1.82) is 0 Å². The zero-order chi connectivity index (χ0) is 17.6. The zero-order valence-electron chi connectivity index (χ0n) is 13.6. The molecular formula is C18H18FN5O. The molecule has 2 heterocycles. The molecule has 0 saturated carbocycles. The number of hydrogen-bond acceptors (Lipinski definition) is 6. The standard InChI is InChI=1S/C18H18FN5O/c1-12(14-2-4-15(19)5-3-14)22-16-8-13(11-25)9-17(23-16)24-18-10-20-6-7-21-18/h2-10,12,25H,11H2,1H3,(H2,21,22,23,24). The van der Waals surface area contributed by atoms with Crippen LogP contribution in [0.15, 0.2) is 55.0 Å². The Labute approximate surface area is 144 Å². The van der Waals surface area contributed by atoms with Crippen LogP contribution >= 0.6 is 0 Å². The molecule has 1 unspecified atom stereocenters. The van der Waals surface area contributed by atoms with Crippen molar-refractivity contribution in [2.45, 2.75) is 19.6 Å². The lowest BCUT2D eigenvalue weighted by molar-refractivity contribution is 0.282. The van der Waals surface area contributed by atoms with Crippen LogP contribution in [-0.4, -0.2) is 20.1 Å². The minimum atomic E-state index is -0.271. The molecule has 0 aliphatic heterocycles. The number of hydrogen-bond donors (Lipinski definition) is 3. The second kappa shape index (κ2) is 7.67. The molecule has 0 aliphatic rings. The fourth-order valence-corrected chi connectivity index (χ4v) is 2.37. The van der Waals surface area contributed by atoms with E-state index in [0.717, 1.165) is 5.56 Å². The summed E-state index contributed by atoms with van der Waals surface area (Å²) in [6.07, 6.45) is 4.75. The van der Waals surface area contributed by atoms with Gasteiger partial charge in [-0.05, 0) is 42.3 Å². The van der Waals surface area contributed by atoms with Crippen LogP contribution in [0.4, 0.5) is 21.8 Å².